The Balaban J connectivity index is 2.38. The van der Waals surface area contributed by atoms with Crippen molar-refractivity contribution >= 4 is 46.4 Å². The van der Waals surface area contributed by atoms with Gasteiger partial charge < -0.3 is 15.2 Å². The molecule has 0 aliphatic carbocycles. The molecule has 0 spiro atoms. The zero-order valence-electron chi connectivity index (χ0n) is 12.0. The van der Waals surface area contributed by atoms with Crippen LogP contribution in [0.15, 0.2) is 18.2 Å². The number of hydrogen-bond acceptors (Lipinski definition) is 2. The third kappa shape index (κ3) is 3.62. The number of anilines is 2. The van der Waals surface area contributed by atoms with Crippen molar-refractivity contribution in [3.8, 4) is 0 Å². The van der Waals surface area contributed by atoms with E-state index in [1.165, 1.54) is 24.6 Å². The van der Waals surface area contributed by atoms with Crippen molar-refractivity contribution in [2.75, 3.05) is 10.6 Å². The van der Waals surface area contributed by atoms with Crippen molar-refractivity contribution in [2.45, 2.75) is 6.92 Å². The van der Waals surface area contributed by atoms with Gasteiger partial charge in [0.2, 0.25) is 5.91 Å². The van der Waals surface area contributed by atoms with Crippen LogP contribution in [0.4, 0.5) is 20.2 Å². The predicted molar refractivity (Wildman–Crippen MR) is 84.0 cm³/mol. The summed E-state index contributed by atoms with van der Waals surface area (Å²) in [5.74, 6) is -3.48. The molecule has 122 valence electrons. The van der Waals surface area contributed by atoms with Gasteiger partial charge in [0.15, 0.2) is 11.6 Å². The summed E-state index contributed by atoms with van der Waals surface area (Å²) in [6, 6.07) is 2.87. The molecule has 0 radical (unpaired) electrons. The van der Waals surface area contributed by atoms with Gasteiger partial charge in [0.1, 0.15) is 10.8 Å². The minimum absolute atomic E-state index is 0.0730. The summed E-state index contributed by atoms with van der Waals surface area (Å²) in [5.41, 5.74) is -0.0628. The molecule has 0 unspecified atom stereocenters. The Bertz CT molecular complexity index is 806. The molecule has 2 aromatic rings. The number of amides is 2. The second-order valence-electron chi connectivity index (χ2n) is 4.67. The van der Waals surface area contributed by atoms with Crippen LogP contribution in [-0.2, 0) is 11.8 Å². The van der Waals surface area contributed by atoms with E-state index in [2.05, 4.69) is 10.6 Å². The Morgan fingerprint density at radius 3 is 2.00 bits per heavy atom. The third-order valence-corrected chi connectivity index (χ3v) is 3.81. The van der Waals surface area contributed by atoms with E-state index in [9.17, 15) is 18.4 Å². The molecular weight excluding hydrogens is 351 g/mol. The Morgan fingerprint density at radius 1 is 1.04 bits per heavy atom. The summed E-state index contributed by atoms with van der Waals surface area (Å²) in [7, 11) is 1.52. The number of halogens is 4. The van der Waals surface area contributed by atoms with E-state index in [0.29, 0.717) is 0 Å². The summed E-state index contributed by atoms with van der Waals surface area (Å²) in [6.45, 7) is 1.20. The first-order valence-corrected chi connectivity index (χ1v) is 7.05. The first kappa shape index (κ1) is 17.2. The fourth-order valence-electron chi connectivity index (χ4n) is 1.89. The summed E-state index contributed by atoms with van der Waals surface area (Å²) in [4.78, 5) is 23.4. The maximum absolute atomic E-state index is 13.4. The Labute approximate surface area is 140 Å². The van der Waals surface area contributed by atoms with Gasteiger partial charge in [-0.1, -0.05) is 23.2 Å². The number of carbonyl (C=O) groups is 2. The van der Waals surface area contributed by atoms with Crippen LogP contribution in [0.25, 0.3) is 0 Å². The second-order valence-corrected chi connectivity index (χ2v) is 5.44. The highest BCUT2D eigenvalue weighted by atomic mass is 35.5. The zero-order valence-corrected chi connectivity index (χ0v) is 13.5. The predicted octanol–water partition coefficient (Wildman–Crippen LogP) is 3.82. The van der Waals surface area contributed by atoms with E-state index in [0.717, 1.165) is 12.1 Å². The van der Waals surface area contributed by atoms with Gasteiger partial charge in [0, 0.05) is 26.1 Å². The molecule has 0 fully saturated rings. The highest BCUT2D eigenvalue weighted by molar-refractivity contribution is 6.42. The average Bonchev–Trinajstić information content (AvgIpc) is 2.71. The highest BCUT2D eigenvalue weighted by Gasteiger charge is 2.18. The minimum Gasteiger partial charge on any atom is -0.329 e. The minimum atomic E-state index is -1.17. The Morgan fingerprint density at radius 2 is 1.57 bits per heavy atom. The van der Waals surface area contributed by atoms with Crippen LogP contribution in [-0.4, -0.2) is 16.4 Å². The number of nitrogens with one attached hydrogen (secondary N) is 2. The van der Waals surface area contributed by atoms with E-state index in [4.69, 9.17) is 23.2 Å². The molecule has 2 N–H and O–H groups in total. The SMILES string of the molecule is CC(=O)Nc1cc(F)c(F)cc1NC(=O)c1cc(Cl)c(Cl)n1C. The quantitative estimate of drug-likeness (QED) is 0.872. The van der Waals surface area contributed by atoms with E-state index in [-0.39, 0.29) is 27.2 Å². The average molecular weight is 362 g/mol. The standard InChI is InChI=1S/C14H11Cl2F2N3O2/c1-6(22)19-10-4-8(17)9(18)5-11(10)20-14(23)12-3-7(15)13(16)21(12)2/h3-5H,1-2H3,(H,19,22)(H,20,23). The maximum atomic E-state index is 13.4. The van der Waals surface area contributed by atoms with Crippen molar-refractivity contribution in [3.63, 3.8) is 0 Å². The fraction of sp³-hybridized carbons (Fsp3) is 0.143. The molecule has 0 atom stereocenters. The molecule has 1 aromatic carbocycles. The molecule has 0 saturated carbocycles. The van der Waals surface area contributed by atoms with E-state index >= 15 is 0 Å². The van der Waals surface area contributed by atoms with Crippen molar-refractivity contribution in [1.29, 1.82) is 0 Å². The van der Waals surface area contributed by atoms with Crippen LogP contribution in [0.1, 0.15) is 17.4 Å². The molecule has 0 saturated heterocycles. The lowest BCUT2D eigenvalue weighted by molar-refractivity contribution is -0.114. The van der Waals surface area contributed by atoms with Gasteiger partial charge in [-0.05, 0) is 6.07 Å². The van der Waals surface area contributed by atoms with Gasteiger partial charge in [-0.25, -0.2) is 8.78 Å². The normalized spacial score (nSPS) is 10.5. The molecule has 23 heavy (non-hydrogen) atoms. The van der Waals surface area contributed by atoms with E-state index in [1.807, 2.05) is 0 Å². The van der Waals surface area contributed by atoms with Gasteiger partial charge in [0.25, 0.3) is 5.91 Å². The molecule has 0 aliphatic heterocycles. The molecular formula is C14H11Cl2F2N3O2. The first-order valence-electron chi connectivity index (χ1n) is 6.29. The van der Waals surface area contributed by atoms with Gasteiger partial charge in [0.05, 0.1) is 16.4 Å². The first-order chi connectivity index (χ1) is 10.7. The van der Waals surface area contributed by atoms with E-state index < -0.39 is 23.4 Å². The van der Waals surface area contributed by atoms with Crippen LogP contribution >= 0.6 is 23.2 Å². The number of benzene rings is 1. The summed E-state index contributed by atoms with van der Waals surface area (Å²) >= 11 is 11.7. The topological polar surface area (TPSA) is 63.1 Å². The van der Waals surface area contributed by atoms with Crippen LogP contribution in [0.3, 0.4) is 0 Å². The van der Waals surface area contributed by atoms with Crippen molar-refractivity contribution in [3.05, 3.63) is 45.7 Å². The van der Waals surface area contributed by atoms with Crippen molar-refractivity contribution in [2.24, 2.45) is 7.05 Å². The highest BCUT2D eigenvalue weighted by Crippen LogP contribution is 2.28. The summed E-state index contributed by atoms with van der Waals surface area (Å²) in [6.07, 6.45) is 0. The Kier molecular flexibility index (Phi) is 4.91. The number of carbonyl (C=O) groups excluding carboxylic acids is 2. The Hall–Kier alpha value is -2.12. The lowest BCUT2D eigenvalue weighted by Gasteiger charge is -2.12. The maximum Gasteiger partial charge on any atom is 0.272 e. The monoisotopic (exact) mass is 361 g/mol. The van der Waals surface area contributed by atoms with Crippen LogP contribution < -0.4 is 10.6 Å². The number of hydrogen-bond donors (Lipinski definition) is 2. The number of rotatable bonds is 3. The molecule has 9 heteroatoms. The fourth-order valence-corrected chi connectivity index (χ4v) is 2.27. The molecule has 5 nitrogen and oxygen atoms in total. The molecule has 1 heterocycles. The van der Waals surface area contributed by atoms with Gasteiger partial charge in [-0.15, -0.1) is 0 Å². The molecule has 2 rings (SSSR count). The largest absolute Gasteiger partial charge is 0.329 e. The van der Waals surface area contributed by atoms with Crippen LogP contribution in [0, 0.1) is 11.6 Å². The second kappa shape index (κ2) is 6.55. The lowest BCUT2D eigenvalue weighted by Crippen LogP contribution is -2.18. The molecule has 1 aromatic heterocycles. The number of nitrogens with zero attached hydrogens (tertiary/aromatic N) is 1. The molecule has 0 bridgehead atoms. The van der Waals surface area contributed by atoms with E-state index in [1.54, 1.807) is 0 Å². The number of aromatic nitrogens is 1. The smallest absolute Gasteiger partial charge is 0.272 e. The third-order valence-electron chi connectivity index (χ3n) is 2.97. The summed E-state index contributed by atoms with van der Waals surface area (Å²) < 4.78 is 28.1. The zero-order chi connectivity index (χ0) is 17.3. The lowest BCUT2D eigenvalue weighted by atomic mass is 10.2. The molecule has 2 amide bonds. The van der Waals surface area contributed by atoms with Crippen LogP contribution in [0.5, 0.6) is 0 Å². The van der Waals surface area contributed by atoms with Crippen LogP contribution in [0.2, 0.25) is 10.2 Å². The van der Waals surface area contributed by atoms with Gasteiger partial charge >= 0.3 is 0 Å². The van der Waals surface area contributed by atoms with Gasteiger partial charge in [-0.3, -0.25) is 9.59 Å². The molecule has 0 aliphatic rings. The summed E-state index contributed by atoms with van der Waals surface area (Å²) in [5, 5.41) is 5.02. The van der Waals surface area contributed by atoms with Gasteiger partial charge in [-0.2, -0.15) is 0 Å². The van der Waals surface area contributed by atoms with Crippen molar-refractivity contribution in [1.82, 2.24) is 4.57 Å². The van der Waals surface area contributed by atoms with Crippen molar-refractivity contribution < 1.29 is 18.4 Å².